The van der Waals surface area contributed by atoms with Gasteiger partial charge in [-0.1, -0.05) is 0 Å². The van der Waals surface area contributed by atoms with Gasteiger partial charge in [-0.15, -0.1) is 11.8 Å². The molecule has 26 heavy (non-hydrogen) atoms. The van der Waals surface area contributed by atoms with Gasteiger partial charge in [-0.25, -0.2) is 19.0 Å². The molecule has 1 aromatic heterocycles. The first-order valence-corrected chi connectivity index (χ1v) is 10.1. The summed E-state index contributed by atoms with van der Waals surface area (Å²) in [7, 11) is 0. The molecule has 8 heteroatoms. The quantitative estimate of drug-likeness (QED) is 0.477. The van der Waals surface area contributed by atoms with Crippen LogP contribution in [0, 0.1) is 12.7 Å². The highest BCUT2D eigenvalue weighted by Gasteiger charge is 2.24. The highest BCUT2D eigenvalue weighted by Crippen LogP contribution is 2.24. The number of aliphatic imine (C=N–C) groups is 1. The molecule has 6 nitrogen and oxygen atoms in total. The lowest BCUT2D eigenvalue weighted by molar-refractivity contribution is 0.397. The lowest BCUT2D eigenvalue weighted by atomic mass is 10.1. The van der Waals surface area contributed by atoms with Crippen LogP contribution in [0.4, 0.5) is 4.39 Å². The van der Waals surface area contributed by atoms with Crippen molar-refractivity contribution in [2.24, 2.45) is 4.99 Å². The molecule has 0 amide bonds. The largest absolute Gasteiger partial charge is 0.357 e. The van der Waals surface area contributed by atoms with Crippen molar-refractivity contribution in [1.29, 1.82) is 0 Å². The normalized spacial score (nSPS) is 17.1. The highest BCUT2D eigenvalue weighted by molar-refractivity contribution is 7.98. The Morgan fingerprint density at radius 3 is 3.08 bits per heavy atom. The summed E-state index contributed by atoms with van der Waals surface area (Å²) in [6, 6.07) is 4.92. The molecular formula is C18H25FN6S. The van der Waals surface area contributed by atoms with Crippen LogP contribution in [0.1, 0.15) is 43.0 Å². The number of rotatable bonds is 5. The zero-order valence-corrected chi connectivity index (χ0v) is 16.2. The minimum Gasteiger partial charge on any atom is -0.357 e. The lowest BCUT2D eigenvalue weighted by Crippen LogP contribution is -2.41. The van der Waals surface area contributed by atoms with E-state index < -0.39 is 0 Å². The molecule has 1 aliphatic heterocycles. The maximum absolute atomic E-state index is 13.6. The summed E-state index contributed by atoms with van der Waals surface area (Å²) in [4.78, 5) is 10.3. The van der Waals surface area contributed by atoms with Crippen LogP contribution in [0.5, 0.6) is 0 Å². The van der Waals surface area contributed by atoms with Crippen LogP contribution in [0.15, 0.2) is 28.1 Å². The average Bonchev–Trinajstić information content (AvgIpc) is 3.01. The van der Waals surface area contributed by atoms with Crippen LogP contribution in [-0.4, -0.2) is 33.5 Å². The van der Waals surface area contributed by atoms with Crippen molar-refractivity contribution < 1.29 is 4.39 Å². The second-order valence-electron chi connectivity index (χ2n) is 6.23. The molecule has 0 spiro atoms. The summed E-state index contributed by atoms with van der Waals surface area (Å²) >= 11 is 1.60. The number of hydrogen-bond acceptors (Lipinski definition) is 4. The Hall–Kier alpha value is -2.09. The third-order valence-corrected chi connectivity index (χ3v) is 5.12. The summed E-state index contributed by atoms with van der Waals surface area (Å²) in [5, 5.41) is 11.2. The lowest BCUT2D eigenvalue weighted by Gasteiger charge is -2.25. The van der Waals surface area contributed by atoms with Crippen molar-refractivity contribution in [2.45, 2.75) is 50.7 Å². The third kappa shape index (κ3) is 4.35. The van der Waals surface area contributed by atoms with E-state index in [2.05, 4.69) is 25.7 Å². The second kappa shape index (κ2) is 8.53. The minimum atomic E-state index is -0.234. The molecule has 0 bridgehead atoms. The Kier molecular flexibility index (Phi) is 6.13. The Morgan fingerprint density at radius 1 is 1.46 bits per heavy atom. The SMILES string of the molecule is CCNC(=NCc1cc(F)ccc1SC)NC1CCCn2nc(C)nc21. The molecule has 3 rings (SSSR count). The Morgan fingerprint density at radius 2 is 2.31 bits per heavy atom. The molecule has 1 aliphatic rings. The number of nitrogens with one attached hydrogen (secondary N) is 2. The molecule has 2 heterocycles. The first-order valence-electron chi connectivity index (χ1n) is 8.89. The first kappa shape index (κ1) is 18.7. The van der Waals surface area contributed by atoms with E-state index in [1.54, 1.807) is 23.9 Å². The molecule has 140 valence electrons. The molecule has 0 saturated heterocycles. The molecule has 0 saturated carbocycles. The first-order chi connectivity index (χ1) is 12.6. The van der Waals surface area contributed by atoms with Crippen molar-refractivity contribution >= 4 is 17.7 Å². The Labute approximate surface area is 157 Å². The summed E-state index contributed by atoms with van der Waals surface area (Å²) in [5.74, 6) is 2.22. The van der Waals surface area contributed by atoms with Crippen molar-refractivity contribution in [2.75, 3.05) is 12.8 Å². The standard InChI is InChI=1S/C18H25FN6S/c1-4-20-18(21-11-13-10-14(19)7-8-16(13)26-3)23-15-6-5-9-25-17(15)22-12(2)24-25/h7-8,10,15H,4-6,9,11H2,1-3H3,(H2,20,21,23). The number of thioether (sulfide) groups is 1. The van der Waals surface area contributed by atoms with Crippen molar-refractivity contribution in [3.8, 4) is 0 Å². The van der Waals surface area contributed by atoms with Crippen LogP contribution in [0.2, 0.25) is 0 Å². The zero-order valence-electron chi connectivity index (χ0n) is 15.4. The van der Waals surface area contributed by atoms with Gasteiger partial charge in [0.15, 0.2) is 5.96 Å². The molecule has 0 aliphatic carbocycles. The molecule has 1 aromatic carbocycles. The van der Waals surface area contributed by atoms with Gasteiger partial charge in [-0.05, 0) is 56.7 Å². The molecule has 1 unspecified atom stereocenters. The average molecular weight is 377 g/mol. The van der Waals surface area contributed by atoms with Crippen molar-refractivity contribution in [3.63, 3.8) is 0 Å². The van der Waals surface area contributed by atoms with E-state index in [4.69, 9.17) is 0 Å². The molecule has 2 N–H and O–H groups in total. The van der Waals surface area contributed by atoms with E-state index in [9.17, 15) is 4.39 Å². The fourth-order valence-electron chi connectivity index (χ4n) is 3.13. The molecule has 0 fully saturated rings. The van der Waals surface area contributed by atoms with Crippen molar-refractivity contribution in [1.82, 2.24) is 25.4 Å². The van der Waals surface area contributed by atoms with Gasteiger partial charge in [0.2, 0.25) is 0 Å². The molecular weight excluding hydrogens is 351 g/mol. The van der Waals surface area contributed by atoms with Crippen LogP contribution >= 0.6 is 11.8 Å². The second-order valence-corrected chi connectivity index (χ2v) is 7.08. The highest BCUT2D eigenvalue weighted by atomic mass is 32.2. The Balaban J connectivity index is 1.77. The van der Waals surface area contributed by atoms with Crippen LogP contribution < -0.4 is 10.6 Å². The van der Waals surface area contributed by atoms with Crippen LogP contribution in [-0.2, 0) is 13.1 Å². The third-order valence-electron chi connectivity index (χ3n) is 4.29. The van der Waals surface area contributed by atoms with E-state index in [0.29, 0.717) is 12.5 Å². The fraction of sp³-hybridized carbons (Fsp3) is 0.500. The Bertz CT molecular complexity index is 788. The van der Waals surface area contributed by atoms with Gasteiger partial charge in [-0.2, -0.15) is 5.10 Å². The maximum atomic E-state index is 13.6. The summed E-state index contributed by atoms with van der Waals surface area (Å²) in [6.45, 7) is 6.02. The van der Waals surface area contributed by atoms with Gasteiger partial charge in [-0.3, -0.25) is 0 Å². The van der Waals surface area contributed by atoms with Gasteiger partial charge in [0, 0.05) is 18.0 Å². The van der Waals surface area contributed by atoms with Gasteiger partial charge in [0.25, 0.3) is 0 Å². The maximum Gasteiger partial charge on any atom is 0.192 e. The summed E-state index contributed by atoms with van der Waals surface area (Å²) in [6.07, 6.45) is 4.02. The molecule has 2 aromatic rings. The summed E-state index contributed by atoms with van der Waals surface area (Å²) < 4.78 is 15.6. The van der Waals surface area contributed by atoms with Crippen molar-refractivity contribution in [3.05, 3.63) is 41.2 Å². The van der Waals surface area contributed by atoms with E-state index in [1.807, 2.05) is 24.8 Å². The zero-order chi connectivity index (χ0) is 18.5. The van der Waals surface area contributed by atoms with Crippen LogP contribution in [0.25, 0.3) is 0 Å². The summed E-state index contributed by atoms with van der Waals surface area (Å²) in [5.41, 5.74) is 0.886. The van der Waals surface area contributed by atoms with E-state index in [0.717, 1.165) is 48.0 Å². The molecule has 0 radical (unpaired) electrons. The van der Waals surface area contributed by atoms with Gasteiger partial charge < -0.3 is 10.6 Å². The van der Waals surface area contributed by atoms with Gasteiger partial charge in [0.1, 0.15) is 17.5 Å². The predicted molar refractivity (Wildman–Crippen MR) is 103 cm³/mol. The number of aryl methyl sites for hydroxylation is 2. The number of halogens is 1. The number of benzene rings is 1. The van der Waals surface area contributed by atoms with E-state index in [1.165, 1.54) is 6.07 Å². The number of guanidine groups is 1. The predicted octanol–water partition coefficient (Wildman–Crippen LogP) is 3.04. The monoisotopic (exact) mass is 376 g/mol. The fourth-order valence-corrected chi connectivity index (χ4v) is 3.71. The van der Waals surface area contributed by atoms with Crippen LogP contribution in [0.3, 0.4) is 0 Å². The van der Waals surface area contributed by atoms with E-state index in [-0.39, 0.29) is 11.9 Å². The van der Waals surface area contributed by atoms with Gasteiger partial charge >= 0.3 is 0 Å². The molecule has 1 atom stereocenters. The topological polar surface area (TPSA) is 67.1 Å². The number of aromatic nitrogens is 3. The van der Waals surface area contributed by atoms with Gasteiger partial charge in [0.05, 0.1) is 12.6 Å². The van der Waals surface area contributed by atoms with E-state index >= 15 is 0 Å². The minimum absolute atomic E-state index is 0.0790. The smallest absolute Gasteiger partial charge is 0.192 e. The number of nitrogens with zero attached hydrogens (tertiary/aromatic N) is 4. The number of hydrogen-bond donors (Lipinski definition) is 2. The number of fused-ring (bicyclic) bond motifs is 1.